The van der Waals surface area contributed by atoms with Crippen molar-refractivity contribution >= 4 is 5.97 Å². The maximum atomic E-state index is 10.5. The molecule has 2 N–H and O–H groups in total. The van der Waals surface area contributed by atoms with Gasteiger partial charge < -0.3 is 10.2 Å². The van der Waals surface area contributed by atoms with E-state index in [2.05, 4.69) is 13.8 Å². The molecule has 1 atom stereocenters. The van der Waals surface area contributed by atoms with Gasteiger partial charge >= 0.3 is 5.97 Å². The molecule has 1 aromatic carbocycles. The molecule has 1 rings (SSSR count). The molecule has 3 nitrogen and oxygen atoms in total. The summed E-state index contributed by atoms with van der Waals surface area (Å²) < 4.78 is 0. The van der Waals surface area contributed by atoms with E-state index in [1.165, 1.54) is 11.1 Å². The standard InChI is InChI=1S/C13H18O3/c1-3-10-6-5-9(7-11(10)4-2)8-12(14)13(15)16/h5-7,12,14H,3-4,8H2,1-2H3,(H,15,16)/t12-/m1/s1. The molecule has 0 aromatic heterocycles. The average molecular weight is 222 g/mol. The molecule has 0 saturated heterocycles. The zero-order chi connectivity index (χ0) is 12.1. The summed E-state index contributed by atoms with van der Waals surface area (Å²) in [5.41, 5.74) is 3.40. The number of hydrogen-bond acceptors (Lipinski definition) is 2. The number of rotatable bonds is 5. The number of aliphatic hydroxyl groups excluding tert-OH is 1. The normalized spacial score (nSPS) is 12.4. The van der Waals surface area contributed by atoms with Crippen molar-refractivity contribution < 1.29 is 15.0 Å². The summed E-state index contributed by atoms with van der Waals surface area (Å²) in [6, 6.07) is 5.90. The van der Waals surface area contributed by atoms with Crippen LogP contribution < -0.4 is 0 Å². The number of aryl methyl sites for hydroxylation is 2. The summed E-state index contributed by atoms with van der Waals surface area (Å²) in [5.74, 6) is -1.17. The smallest absolute Gasteiger partial charge is 0.332 e. The highest BCUT2D eigenvalue weighted by molar-refractivity contribution is 5.72. The van der Waals surface area contributed by atoms with Crippen molar-refractivity contribution in [2.75, 3.05) is 0 Å². The molecule has 0 aliphatic carbocycles. The van der Waals surface area contributed by atoms with Crippen LogP contribution in [0.2, 0.25) is 0 Å². The summed E-state index contributed by atoms with van der Waals surface area (Å²) in [6.45, 7) is 4.17. The van der Waals surface area contributed by atoms with E-state index in [0.717, 1.165) is 18.4 Å². The summed E-state index contributed by atoms with van der Waals surface area (Å²) in [7, 11) is 0. The van der Waals surface area contributed by atoms with Crippen LogP contribution in [0.25, 0.3) is 0 Å². The van der Waals surface area contributed by atoms with Crippen LogP contribution in [0.1, 0.15) is 30.5 Å². The molecule has 0 aliphatic rings. The lowest BCUT2D eigenvalue weighted by Crippen LogP contribution is -2.22. The van der Waals surface area contributed by atoms with Gasteiger partial charge in [0.1, 0.15) is 0 Å². The topological polar surface area (TPSA) is 57.5 Å². The molecule has 0 unspecified atom stereocenters. The fourth-order valence-corrected chi connectivity index (χ4v) is 1.79. The lowest BCUT2D eigenvalue weighted by Gasteiger charge is -2.10. The van der Waals surface area contributed by atoms with Crippen molar-refractivity contribution in [1.29, 1.82) is 0 Å². The Morgan fingerprint density at radius 2 is 1.88 bits per heavy atom. The summed E-state index contributed by atoms with van der Waals surface area (Å²) in [6.07, 6.45) is 0.773. The minimum Gasteiger partial charge on any atom is -0.479 e. The number of carbonyl (C=O) groups is 1. The molecular formula is C13H18O3. The first-order chi connectivity index (χ1) is 7.58. The fraction of sp³-hybridized carbons (Fsp3) is 0.462. The lowest BCUT2D eigenvalue weighted by atomic mass is 9.97. The maximum absolute atomic E-state index is 10.5. The van der Waals surface area contributed by atoms with Crippen LogP contribution in [0, 0.1) is 0 Å². The maximum Gasteiger partial charge on any atom is 0.332 e. The van der Waals surface area contributed by atoms with E-state index < -0.39 is 12.1 Å². The van der Waals surface area contributed by atoms with Crippen molar-refractivity contribution in [3.63, 3.8) is 0 Å². The molecule has 0 radical (unpaired) electrons. The Morgan fingerprint density at radius 3 is 2.38 bits per heavy atom. The molecule has 88 valence electrons. The highest BCUT2D eigenvalue weighted by atomic mass is 16.4. The Bertz CT molecular complexity index is 371. The number of hydrogen-bond donors (Lipinski definition) is 2. The summed E-state index contributed by atoms with van der Waals surface area (Å²) in [4.78, 5) is 10.5. The Balaban J connectivity index is 2.86. The third-order valence-corrected chi connectivity index (χ3v) is 2.75. The van der Waals surface area contributed by atoms with Crippen LogP contribution in [0.5, 0.6) is 0 Å². The largest absolute Gasteiger partial charge is 0.479 e. The van der Waals surface area contributed by atoms with Gasteiger partial charge in [0.2, 0.25) is 0 Å². The number of aliphatic carboxylic acids is 1. The van der Waals surface area contributed by atoms with Crippen LogP contribution in [0.3, 0.4) is 0 Å². The third kappa shape index (κ3) is 3.07. The van der Waals surface area contributed by atoms with Gasteiger partial charge in [0, 0.05) is 6.42 Å². The van der Waals surface area contributed by atoms with Gasteiger partial charge in [-0.25, -0.2) is 4.79 Å². The number of carboxylic acids is 1. The van der Waals surface area contributed by atoms with Crippen molar-refractivity contribution in [2.45, 2.75) is 39.2 Å². The molecule has 0 aliphatic heterocycles. The Morgan fingerprint density at radius 1 is 1.25 bits per heavy atom. The third-order valence-electron chi connectivity index (χ3n) is 2.75. The average Bonchev–Trinajstić information content (AvgIpc) is 2.28. The van der Waals surface area contributed by atoms with Gasteiger partial charge in [-0.15, -0.1) is 0 Å². The van der Waals surface area contributed by atoms with E-state index in [-0.39, 0.29) is 6.42 Å². The number of aliphatic hydroxyl groups is 1. The minimum absolute atomic E-state index is 0.173. The molecule has 0 heterocycles. The van der Waals surface area contributed by atoms with Gasteiger partial charge in [0.05, 0.1) is 0 Å². The quantitative estimate of drug-likeness (QED) is 0.798. The Kier molecular flexibility index (Phi) is 4.50. The van der Waals surface area contributed by atoms with Crippen LogP contribution in [0.4, 0.5) is 0 Å². The van der Waals surface area contributed by atoms with E-state index in [1.807, 2.05) is 18.2 Å². The summed E-state index contributed by atoms with van der Waals surface area (Å²) >= 11 is 0. The highest BCUT2D eigenvalue weighted by Crippen LogP contribution is 2.15. The minimum atomic E-state index is -1.31. The fourth-order valence-electron chi connectivity index (χ4n) is 1.79. The lowest BCUT2D eigenvalue weighted by molar-refractivity contribution is -0.146. The first-order valence-corrected chi connectivity index (χ1v) is 5.60. The molecule has 3 heteroatoms. The van der Waals surface area contributed by atoms with Crippen molar-refractivity contribution in [2.24, 2.45) is 0 Å². The Hall–Kier alpha value is -1.35. The molecule has 16 heavy (non-hydrogen) atoms. The van der Waals surface area contributed by atoms with E-state index in [1.54, 1.807) is 0 Å². The molecule has 1 aromatic rings. The molecule has 0 amide bonds. The van der Waals surface area contributed by atoms with Crippen LogP contribution in [-0.4, -0.2) is 22.3 Å². The summed E-state index contributed by atoms with van der Waals surface area (Å²) in [5, 5.41) is 17.9. The van der Waals surface area contributed by atoms with Crippen molar-refractivity contribution in [1.82, 2.24) is 0 Å². The predicted molar refractivity (Wildman–Crippen MR) is 62.5 cm³/mol. The highest BCUT2D eigenvalue weighted by Gasteiger charge is 2.14. The molecule has 0 saturated carbocycles. The second-order valence-electron chi connectivity index (χ2n) is 3.87. The van der Waals surface area contributed by atoms with E-state index in [4.69, 9.17) is 5.11 Å². The first-order valence-electron chi connectivity index (χ1n) is 5.60. The van der Waals surface area contributed by atoms with Gasteiger partial charge in [-0.1, -0.05) is 32.0 Å². The van der Waals surface area contributed by atoms with Crippen molar-refractivity contribution in [3.8, 4) is 0 Å². The number of carboxylic acid groups (broad SMARTS) is 1. The molecular weight excluding hydrogens is 204 g/mol. The zero-order valence-electron chi connectivity index (χ0n) is 9.73. The molecule has 0 spiro atoms. The molecule has 0 fully saturated rings. The zero-order valence-corrected chi connectivity index (χ0v) is 9.73. The SMILES string of the molecule is CCc1ccc(C[C@@H](O)C(=O)O)cc1CC. The Labute approximate surface area is 95.7 Å². The predicted octanol–water partition coefficient (Wildman–Crippen LogP) is 1.80. The van der Waals surface area contributed by atoms with Gasteiger partial charge in [-0.05, 0) is 29.5 Å². The van der Waals surface area contributed by atoms with Gasteiger partial charge in [-0.2, -0.15) is 0 Å². The van der Waals surface area contributed by atoms with Gasteiger partial charge in [0.15, 0.2) is 6.10 Å². The monoisotopic (exact) mass is 222 g/mol. The van der Waals surface area contributed by atoms with Gasteiger partial charge in [-0.3, -0.25) is 0 Å². The van der Waals surface area contributed by atoms with E-state index in [0.29, 0.717) is 0 Å². The number of benzene rings is 1. The first kappa shape index (κ1) is 12.7. The van der Waals surface area contributed by atoms with Crippen LogP contribution in [-0.2, 0) is 24.1 Å². The van der Waals surface area contributed by atoms with E-state index >= 15 is 0 Å². The van der Waals surface area contributed by atoms with Gasteiger partial charge in [0.25, 0.3) is 0 Å². The molecule has 0 bridgehead atoms. The van der Waals surface area contributed by atoms with Crippen LogP contribution >= 0.6 is 0 Å². The van der Waals surface area contributed by atoms with Crippen LogP contribution in [0.15, 0.2) is 18.2 Å². The second kappa shape index (κ2) is 5.66. The second-order valence-corrected chi connectivity index (χ2v) is 3.87. The van der Waals surface area contributed by atoms with Crippen molar-refractivity contribution in [3.05, 3.63) is 34.9 Å². The van der Waals surface area contributed by atoms with E-state index in [9.17, 15) is 9.90 Å².